The van der Waals surface area contributed by atoms with Gasteiger partial charge in [0.25, 0.3) is 5.91 Å². The maximum absolute atomic E-state index is 12.7. The van der Waals surface area contributed by atoms with E-state index in [-0.39, 0.29) is 11.7 Å². The van der Waals surface area contributed by atoms with Gasteiger partial charge in [0.15, 0.2) is 0 Å². The Hall–Kier alpha value is -1.42. The van der Waals surface area contributed by atoms with Gasteiger partial charge in [-0.2, -0.15) is 0 Å². The molecule has 17 heavy (non-hydrogen) atoms. The van der Waals surface area contributed by atoms with Crippen molar-refractivity contribution in [2.45, 2.75) is 18.4 Å². The molecule has 0 unspecified atom stereocenters. The summed E-state index contributed by atoms with van der Waals surface area (Å²) < 4.78 is 12.7. The molecule has 1 heterocycles. The number of carbonyl (C=O) groups is 1. The molecule has 0 aromatic heterocycles. The Morgan fingerprint density at radius 1 is 1.29 bits per heavy atom. The minimum Gasteiger partial charge on any atom is -0.386 e. The van der Waals surface area contributed by atoms with Crippen molar-refractivity contribution < 1.29 is 14.3 Å². The molecule has 1 amide bonds. The Morgan fingerprint density at radius 3 is 2.41 bits per heavy atom. The van der Waals surface area contributed by atoms with Crippen molar-refractivity contribution in [1.82, 2.24) is 4.90 Å². The van der Waals surface area contributed by atoms with E-state index in [2.05, 4.69) is 0 Å². The first kappa shape index (κ1) is 10.7. The number of amides is 1. The first-order valence-electron chi connectivity index (χ1n) is 5.86. The van der Waals surface area contributed by atoms with Gasteiger partial charge in [0.2, 0.25) is 0 Å². The zero-order valence-electron chi connectivity index (χ0n) is 9.40. The van der Waals surface area contributed by atoms with Crippen LogP contribution in [0.3, 0.4) is 0 Å². The topological polar surface area (TPSA) is 40.5 Å². The lowest BCUT2D eigenvalue weighted by atomic mass is 9.88. The van der Waals surface area contributed by atoms with Gasteiger partial charge in [-0.15, -0.1) is 0 Å². The molecule has 0 spiro atoms. The van der Waals surface area contributed by atoms with E-state index >= 15 is 0 Å². The van der Waals surface area contributed by atoms with Gasteiger partial charge >= 0.3 is 0 Å². The van der Waals surface area contributed by atoms with Crippen molar-refractivity contribution in [2.24, 2.45) is 5.92 Å². The van der Waals surface area contributed by atoms with Crippen LogP contribution in [0.5, 0.6) is 0 Å². The highest BCUT2D eigenvalue weighted by atomic mass is 19.1. The van der Waals surface area contributed by atoms with E-state index in [0.29, 0.717) is 24.6 Å². The summed E-state index contributed by atoms with van der Waals surface area (Å²) in [5, 5.41) is 10.1. The predicted octanol–water partition coefficient (Wildman–Crippen LogP) is 1.42. The van der Waals surface area contributed by atoms with Gasteiger partial charge in [0.1, 0.15) is 11.4 Å². The average molecular weight is 235 g/mol. The molecule has 3 rings (SSSR count). The maximum atomic E-state index is 12.7. The Morgan fingerprint density at radius 2 is 1.88 bits per heavy atom. The van der Waals surface area contributed by atoms with Crippen molar-refractivity contribution in [3.63, 3.8) is 0 Å². The summed E-state index contributed by atoms with van der Waals surface area (Å²) >= 11 is 0. The van der Waals surface area contributed by atoms with Crippen LogP contribution >= 0.6 is 0 Å². The molecule has 0 bridgehead atoms. The average Bonchev–Trinajstić information content (AvgIpc) is 3.09. The second-order valence-corrected chi connectivity index (χ2v) is 5.05. The smallest absolute Gasteiger partial charge is 0.254 e. The van der Waals surface area contributed by atoms with Crippen LogP contribution in [-0.2, 0) is 0 Å². The summed E-state index contributed by atoms with van der Waals surface area (Å²) in [6.45, 7) is 0.821. The molecule has 4 heteroatoms. The summed E-state index contributed by atoms with van der Waals surface area (Å²) in [7, 11) is 0. The van der Waals surface area contributed by atoms with E-state index in [1.165, 1.54) is 24.3 Å². The zero-order chi connectivity index (χ0) is 12.0. The van der Waals surface area contributed by atoms with Gasteiger partial charge in [-0.05, 0) is 43.0 Å². The number of β-amino-alcohol motifs (C(OH)–C–C–N with tert-alkyl or cyclic N) is 1. The van der Waals surface area contributed by atoms with Crippen LogP contribution in [0, 0.1) is 11.7 Å². The molecule has 90 valence electrons. The van der Waals surface area contributed by atoms with E-state index in [4.69, 9.17) is 0 Å². The normalized spacial score (nSPS) is 22.1. The quantitative estimate of drug-likeness (QED) is 0.842. The van der Waals surface area contributed by atoms with Crippen molar-refractivity contribution in [3.05, 3.63) is 35.6 Å². The molecule has 3 nitrogen and oxygen atoms in total. The number of aliphatic hydroxyl groups is 1. The van der Waals surface area contributed by atoms with Crippen LogP contribution in [0.15, 0.2) is 24.3 Å². The fraction of sp³-hybridized carbons (Fsp3) is 0.462. The molecule has 1 aliphatic heterocycles. The monoisotopic (exact) mass is 235 g/mol. The van der Waals surface area contributed by atoms with E-state index in [9.17, 15) is 14.3 Å². The Labute approximate surface area is 98.9 Å². The Bertz CT molecular complexity index is 447. The molecular formula is C13H14FNO2. The summed E-state index contributed by atoms with van der Waals surface area (Å²) in [4.78, 5) is 13.6. The lowest BCUT2D eigenvalue weighted by Gasteiger charge is -2.47. The van der Waals surface area contributed by atoms with Crippen LogP contribution in [0.1, 0.15) is 23.2 Å². The van der Waals surface area contributed by atoms with Gasteiger partial charge in [-0.1, -0.05) is 0 Å². The van der Waals surface area contributed by atoms with Crippen molar-refractivity contribution in [3.8, 4) is 0 Å². The number of halogens is 1. The van der Waals surface area contributed by atoms with Gasteiger partial charge in [-0.3, -0.25) is 4.79 Å². The molecule has 1 aromatic rings. The number of carbonyl (C=O) groups excluding carboxylic acids is 1. The zero-order valence-corrected chi connectivity index (χ0v) is 9.40. The van der Waals surface area contributed by atoms with Crippen LogP contribution in [-0.4, -0.2) is 34.6 Å². The highest BCUT2D eigenvalue weighted by Gasteiger charge is 2.53. The molecule has 0 atom stereocenters. The standard InChI is InChI=1S/C13H14FNO2/c14-11-5-1-9(2-6-11)12(16)15-7-13(17,8-15)10-3-4-10/h1-2,5-6,10,17H,3-4,7-8H2. The molecule has 1 aliphatic carbocycles. The van der Waals surface area contributed by atoms with Crippen molar-refractivity contribution >= 4 is 5.91 Å². The molecule has 1 saturated carbocycles. The summed E-state index contributed by atoms with van der Waals surface area (Å²) in [6, 6.07) is 5.51. The minimum absolute atomic E-state index is 0.129. The summed E-state index contributed by atoms with van der Waals surface area (Å²) in [5.74, 6) is -0.102. The fourth-order valence-corrected chi connectivity index (χ4v) is 2.41. The lowest BCUT2D eigenvalue weighted by molar-refractivity contribution is -0.0958. The van der Waals surface area contributed by atoms with E-state index in [1.807, 2.05) is 0 Å². The van der Waals surface area contributed by atoms with E-state index in [0.717, 1.165) is 12.8 Å². The molecule has 1 aromatic carbocycles. The van der Waals surface area contributed by atoms with Crippen molar-refractivity contribution in [1.29, 1.82) is 0 Å². The van der Waals surface area contributed by atoms with Crippen LogP contribution < -0.4 is 0 Å². The first-order valence-corrected chi connectivity index (χ1v) is 5.86. The molecule has 0 radical (unpaired) electrons. The molecular weight excluding hydrogens is 221 g/mol. The third-order valence-corrected chi connectivity index (χ3v) is 3.64. The second kappa shape index (κ2) is 3.53. The Kier molecular flexibility index (Phi) is 2.23. The predicted molar refractivity (Wildman–Crippen MR) is 60.0 cm³/mol. The van der Waals surface area contributed by atoms with E-state index in [1.54, 1.807) is 4.90 Å². The van der Waals surface area contributed by atoms with Crippen LogP contribution in [0.2, 0.25) is 0 Å². The SMILES string of the molecule is O=C(c1ccc(F)cc1)N1CC(O)(C2CC2)C1. The van der Waals surface area contributed by atoms with Gasteiger partial charge < -0.3 is 10.0 Å². The highest BCUT2D eigenvalue weighted by molar-refractivity contribution is 5.94. The molecule has 2 fully saturated rings. The van der Waals surface area contributed by atoms with Gasteiger partial charge in [-0.25, -0.2) is 4.39 Å². The van der Waals surface area contributed by atoms with E-state index < -0.39 is 5.60 Å². The number of hydrogen-bond acceptors (Lipinski definition) is 2. The number of benzene rings is 1. The molecule has 1 N–H and O–H groups in total. The van der Waals surface area contributed by atoms with Crippen molar-refractivity contribution in [2.75, 3.05) is 13.1 Å². The largest absolute Gasteiger partial charge is 0.386 e. The third-order valence-electron chi connectivity index (χ3n) is 3.64. The van der Waals surface area contributed by atoms with Gasteiger partial charge in [0, 0.05) is 5.56 Å². The number of likely N-dealkylation sites (tertiary alicyclic amines) is 1. The summed E-state index contributed by atoms with van der Waals surface area (Å²) in [6.07, 6.45) is 2.13. The minimum atomic E-state index is -0.657. The molecule has 1 saturated heterocycles. The van der Waals surface area contributed by atoms with Crippen LogP contribution in [0.4, 0.5) is 4.39 Å². The first-order chi connectivity index (χ1) is 8.08. The lowest BCUT2D eigenvalue weighted by Crippen LogP contribution is -2.64. The third kappa shape index (κ3) is 1.82. The van der Waals surface area contributed by atoms with Gasteiger partial charge in [0.05, 0.1) is 13.1 Å². The summed E-state index contributed by atoms with van der Waals surface area (Å²) in [5.41, 5.74) is -0.181. The number of hydrogen-bond donors (Lipinski definition) is 1. The fourth-order valence-electron chi connectivity index (χ4n) is 2.41. The second-order valence-electron chi connectivity index (χ2n) is 5.05. The Balaban J connectivity index is 1.66. The maximum Gasteiger partial charge on any atom is 0.254 e. The van der Waals surface area contributed by atoms with Crippen LogP contribution in [0.25, 0.3) is 0 Å². The number of nitrogens with zero attached hydrogens (tertiary/aromatic N) is 1. The molecule has 2 aliphatic rings. The number of rotatable bonds is 2. The highest BCUT2D eigenvalue weighted by Crippen LogP contribution is 2.44.